The van der Waals surface area contributed by atoms with E-state index >= 15 is 0 Å². The van der Waals surface area contributed by atoms with Gasteiger partial charge in [0, 0.05) is 27.4 Å². The topological polar surface area (TPSA) is 41.6 Å². The Morgan fingerprint density at radius 1 is 1.21 bits per heavy atom. The van der Waals surface area contributed by atoms with E-state index in [0.29, 0.717) is 12.6 Å². The molecule has 0 aromatic heterocycles. The van der Waals surface area contributed by atoms with E-state index in [-0.39, 0.29) is 5.91 Å². The lowest BCUT2D eigenvalue weighted by Gasteiger charge is -2.22. The molecule has 0 saturated heterocycles. The lowest BCUT2D eigenvalue weighted by Crippen LogP contribution is -2.34. The summed E-state index contributed by atoms with van der Waals surface area (Å²) in [6, 6.07) is 16.3. The van der Waals surface area contributed by atoms with Gasteiger partial charge >= 0.3 is 0 Å². The molecule has 5 heteroatoms. The summed E-state index contributed by atoms with van der Waals surface area (Å²) in [6.45, 7) is 1.13. The number of carbonyl (C=O) groups is 1. The molecule has 0 spiro atoms. The highest BCUT2D eigenvalue weighted by molar-refractivity contribution is 14.1. The first-order valence-corrected chi connectivity index (χ1v) is 9.15. The highest BCUT2D eigenvalue weighted by Gasteiger charge is 2.30. The van der Waals surface area contributed by atoms with E-state index in [2.05, 4.69) is 38.9 Å². The van der Waals surface area contributed by atoms with Gasteiger partial charge in [-0.25, -0.2) is 0 Å². The van der Waals surface area contributed by atoms with Gasteiger partial charge in [-0.15, -0.1) is 0 Å². The second-order valence-corrected chi connectivity index (χ2v) is 7.25. The number of nitrogens with one attached hydrogen (secondary N) is 1. The first-order chi connectivity index (χ1) is 11.7. The van der Waals surface area contributed by atoms with E-state index in [0.717, 1.165) is 40.0 Å². The fourth-order valence-corrected chi connectivity index (χ4v) is 3.08. The predicted octanol–water partition coefficient (Wildman–Crippen LogP) is 3.90. The molecule has 0 radical (unpaired) electrons. The van der Waals surface area contributed by atoms with Crippen LogP contribution in [0.3, 0.4) is 0 Å². The van der Waals surface area contributed by atoms with Gasteiger partial charge in [-0.3, -0.25) is 9.69 Å². The molecule has 0 aliphatic heterocycles. The number of nitrogens with zero attached hydrogens (tertiary/aromatic N) is 1. The lowest BCUT2D eigenvalue weighted by molar-refractivity contribution is -0.117. The smallest absolute Gasteiger partial charge is 0.238 e. The third kappa shape index (κ3) is 4.70. The summed E-state index contributed by atoms with van der Waals surface area (Å²) in [5.74, 6) is 0.902. The number of halogens is 1. The Morgan fingerprint density at radius 3 is 2.58 bits per heavy atom. The number of carbonyl (C=O) groups excluding carboxylic acids is 1. The van der Waals surface area contributed by atoms with Gasteiger partial charge in [0.1, 0.15) is 5.75 Å². The normalized spacial score (nSPS) is 13.8. The number of hydrogen-bond acceptors (Lipinski definition) is 3. The largest absolute Gasteiger partial charge is 0.496 e. The Balaban J connectivity index is 1.63. The molecule has 2 aromatic rings. The fourth-order valence-electron chi connectivity index (χ4n) is 2.72. The second-order valence-electron chi connectivity index (χ2n) is 6.00. The molecule has 0 atom stereocenters. The zero-order valence-electron chi connectivity index (χ0n) is 13.7. The number of rotatable bonds is 7. The van der Waals surface area contributed by atoms with Gasteiger partial charge in [0.25, 0.3) is 0 Å². The zero-order chi connectivity index (χ0) is 16.9. The molecule has 24 heavy (non-hydrogen) atoms. The zero-order valence-corrected chi connectivity index (χ0v) is 15.8. The van der Waals surface area contributed by atoms with Gasteiger partial charge < -0.3 is 10.1 Å². The van der Waals surface area contributed by atoms with E-state index in [9.17, 15) is 4.79 Å². The molecular weight excluding hydrogens is 415 g/mol. The van der Waals surface area contributed by atoms with Crippen LogP contribution < -0.4 is 10.1 Å². The standard InChI is InChI=1S/C19H21IN2O2/c1-24-18-5-3-2-4-14(18)12-22(17-10-11-17)13-19(23)21-16-8-6-15(20)7-9-16/h2-9,17H,10-13H2,1H3,(H,21,23). The van der Waals surface area contributed by atoms with Crippen molar-refractivity contribution in [3.8, 4) is 5.75 Å². The average Bonchev–Trinajstić information content (AvgIpc) is 3.42. The number of benzene rings is 2. The monoisotopic (exact) mass is 436 g/mol. The molecule has 0 bridgehead atoms. The molecule has 1 aliphatic rings. The fraction of sp³-hybridized carbons (Fsp3) is 0.316. The lowest BCUT2D eigenvalue weighted by atomic mass is 10.2. The van der Waals surface area contributed by atoms with Crippen molar-refractivity contribution in [2.45, 2.75) is 25.4 Å². The third-order valence-electron chi connectivity index (χ3n) is 4.10. The minimum atomic E-state index is 0.0259. The summed E-state index contributed by atoms with van der Waals surface area (Å²) in [7, 11) is 1.68. The Morgan fingerprint density at radius 2 is 1.92 bits per heavy atom. The van der Waals surface area contributed by atoms with Crippen molar-refractivity contribution in [2.75, 3.05) is 19.0 Å². The summed E-state index contributed by atoms with van der Waals surface area (Å²) in [5.41, 5.74) is 1.96. The molecule has 3 rings (SSSR count). The number of hydrogen-bond donors (Lipinski definition) is 1. The highest BCUT2D eigenvalue weighted by atomic mass is 127. The van der Waals surface area contributed by atoms with Crippen LogP contribution in [0.15, 0.2) is 48.5 Å². The van der Waals surface area contributed by atoms with E-state index < -0.39 is 0 Å². The molecule has 0 heterocycles. The molecule has 1 fully saturated rings. The molecule has 4 nitrogen and oxygen atoms in total. The summed E-state index contributed by atoms with van der Waals surface area (Å²) in [6.07, 6.45) is 2.32. The van der Waals surface area contributed by atoms with Crippen LogP contribution in [0, 0.1) is 3.57 Å². The van der Waals surface area contributed by atoms with Crippen molar-refractivity contribution >= 4 is 34.2 Å². The van der Waals surface area contributed by atoms with Crippen LogP contribution in [0.4, 0.5) is 5.69 Å². The van der Waals surface area contributed by atoms with Crippen molar-refractivity contribution < 1.29 is 9.53 Å². The molecule has 126 valence electrons. The van der Waals surface area contributed by atoms with Gasteiger partial charge in [-0.1, -0.05) is 18.2 Å². The quantitative estimate of drug-likeness (QED) is 0.670. The van der Waals surface area contributed by atoms with E-state index in [4.69, 9.17) is 4.74 Å². The number of anilines is 1. The van der Waals surface area contributed by atoms with Gasteiger partial charge in [-0.2, -0.15) is 0 Å². The van der Waals surface area contributed by atoms with Crippen molar-refractivity contribution in [3.05, 3.63) is 57.7 Å². The SMILES string of the molecule is COc1ccccc1CN(CC(=O)Nc1ccc(I)cc1)C1CC1. The van der Waals surface area contributed by atoms with Gasteiger partial charge in [0.15, 0.2) is 0 Å². The number of methoxy groups -OCH3 is 1. The summed E-state index contributed by atoms with van der Waals surface area (Å²) >= 11 is 2.25. The van der Waals surface area contributed by atoms with Crippen molar-refractivity contribution in [1.29, 1.82) is 0 Å². The molecular formula is C19H21IN2O2. The number of ether oxygens (including phenoxy) is 1. The molecule has 1 aliphatic carbocycles. The van der Waals surface area contributed by atoms with Crippen LogP contribution in [-0.4, -0.2) is 30.5 Å². The van der Waals surface area contributed by atoms with E-state index in [1.165, 1.54) is 0 Å². The van der Waals surface area contributed by atoms with Crippen LogP contribution in [0.1, 0.15) is 18.4 Å². The van der Waals surface area contributed by atoms with Crippen LogP contribution >= 0.6 is 22.6 Å². The Kier molecular flexibility index (Phi) is 5.73. The van der Waals surface area contributed by atoms with Crippen molar-refractivity contribution in [3.63, 3.8) is 0 Å². The van der Waals surface area contributed by atoms with E-state index in [1.54, 1.807) is 7.11 Å². The molecule has 1 saturated carbocycles. The Hall–Kier alpha value is -1.60. The van der Waals surface area contributed by atoms with Crippen molar-refractivity contribution in [2.24, 2.45) is 0 Å². The van der Waals surface area contributed by atoms with E-state index in [1.807, 2.05) is 42.5 Å². The van der Waals surface area contributed by atoms with Crippen LogP contribution in [0.2, 0.25) is 0 Å². The first kappa shape index (κ1) is 17.2. The first-order valence-electron chi connectivity index (χ1n) is 8.07. The minimum Gasteiger partial charge on any atom is -0.496 e. The van der Waals surface area contributed by atoms with Gasteiger partial charge in [0.05, 0.1) is 13.7 Å². The van der Waals surface area contributed by atoms with Gasteiger partial charge in [-0.05, 0) is 65.8 Å². The minimum absolute atomic E-state index is 0.0259. The Labute approximate surface area is 156 Å². The summed E-state index contributed by atoms with van der Waals surface area (Å²) < 4.78 is 6.58. The summed E-state index contributed by atoms with van der Waals surface area (Å²) in [5, 5.41) is 2.98. The molecule has 1 N–H and O–H groups in total. The number of amides is 1. The highest BCUT2D eigenvalue weighted by Crippen LogP contribution is 2.30. The van der Waals surface area contributed by atoms with Crippen LogP contribution in [0.25, 0.3) is 0 Å². The molecule has 2 aromatic carbocycles. The summed E-state index contributed by atoms with van der Waals surface area (Å²) in [4.78, 5) is 14.6. The maximum atomic E-state index is 12.4. The van der Waals surface area contributed by atoms with Crippen LogP contribution in [0.5, 0.6) is 5.75 Å². The maximum absolute atomic E-state index is 12.4. The third-order valence-corrected chi connectivity index (χ3v) is 4.82. The Bertz CT molecular complexity index is 699. The maximum Gasteiger partial charge on any atom is 0.238 e. The number of para-hydroxylation sites is 1. The molecule has 1 amide bonds. The van der Waals surface area contributed by atoms with Gasteiger partial charge in [0.2, 0.25) is 5.91 Å². The van der Waals surface area contributed by atoms with Crippen LogP contribution in [-0.2, 0) is 11.3 Å². The van der Waals surface area contributed by atoms with Crippen molar-refractivity contribution in [1.82, 2.24) is 4.90 Å². The average molecular weight is 436 g/mol. The predicted molar refractivity (Wildman–Crippen MR) is 104 cm³/mol. The second kappa shape index (κ2) is 7.98. The molecule has 0 unspecified atom stereocenters.